The number of halogens is 1. The topological polar surface area (TPSA) is 44.4 Å². The van der Waals surface area contributed by atoms with Crippen LogP contribution in [0.2, 0.25) is 5.02 Å². The van der Waals surface area contributed by atoms with Gasteiger partial charge in [-0.05, 0) is 44.6 Å². The molecule has 1 fully saturated rings. The predicted molar refractivity (Wildman–Crippen MR) is 83.2 cm³/mol. The first-order valence-corrected chi connectivity index (χ1v) is 7.50. The van der Waals surface area contributed by atoms with Crippen molar-refractivity contribution in [3.63, 3.8) is 0 Å². The fraction of sp³-hybridized carbons (Fsp3) is 0.533. The summed E-state index contributed by atoms with van der Waals surface area (Å²) in [6, 6.07) is 7.79. The summed E-state index contributed by atoms with van der Waals surface area (Å²) in [6.45, 7) is 2.92. The molecule has 1 aromatic carbocycles. The molecule has 1 aromatic rings. The quantitative estimate of drug-likeness (QED) is 0.876. The SMILES string of the molecule is CNC1CCCN(CCC(=O)Nc2cccc(Cl)c2)C1. The molecular formula is C15H22ClN3O. The fourth-order valence-electron chi connectivity index (χ4n) is 2.54. The average Bonchev–Trinajstić information content (AvgIpc) is 2.45. The van der Waals surface area contributed by atoms with E-state index >= 15 is 0 Å². The number of likely N-dealkylation sites (N-methyl/N-ethyl adjacent to an activating group) is 1. The van der Waals surface area contributed by atoms with Gasteiger partial charge in [0.05, 0.1) is 0 Å². The van der Waals surface area contributed by atoms with Crippen LogP contribution in [0.1, 0.15) is 19.3 Å². The van der Waals surface area contributed by atoms with Gasteiger partial charge in [0, 0.05) is 36.3 Å². The highest BCUT2D eigenvalue weighted by Gasteiger charge is 2.18. The molecule has 2 N–H and O–H groups in total. The zero-order chi connectivity index (χ0) is 14.4. The lowest BCUT2D eigenvalue weighted by atomic mass is 10.1. The Kier molecular flexibility index (Phi) is 5.83. The van der Waals surface area contributed by atoms with Crippen molar-refractivity contribution < 1.29 is 4.79 Å². The molecule has 0 spiro atoms. The standard InChI is InChI=1S/C15H22ClN3O/c1-17-14-6-3-8-19(11-14)9-7-15(20)18-13-5-2-4-12(16)10-13/h2,4-5,10,14,17H,3,6-9,11H2,1H3,(H,18,20). The molecule has 0 bridgehead atoms. The molecule has 1 saturated heterocycles. The van der Waals surface area contributed by atoms with E-state index in [0.29, 0.717) is 17.5 Å². The number of anilines is 1. The van der Waals surface area contributed by atoms with Crippen molar-refractivity contribution in [2.75, 3.05) is 32.0 Å². The van der Waals surface area contributed by atoms with Gasteiger partial charge in [-0.1, -0.05) is 17.7 Å². The molecule has 1 atom stereocenters. The zero-order valence-electron chi connectivity index (χ0n) is 11.9. The maximum Gasteiger partial charge on any atom is 0.225 e. The van der Waals surface area contributed by atoms with E-state index in [0.717, 1.165) is 25.3 Å². The summed E-state index contributed by atoms with van der Waals surface area (Å²) in [5.74, 6) is 0.0406. The normalized spacial score (nSPS) is 19.8. The lowest BCUT2D eigenvalue weighted by Gasteiger charge is -2.32. The van der Waals surface area contributed by atoms with Crippen LogP contribution in [0.5, 0.6) is 0 Å². The van der Waals surface area contributed by atoms with E-state index in [9.17, 15) is 4.79 Å². The third kappa shape index (κ3) is 4.78. The number of carbonyl (C=O) groups excluding carboxylic acids is 1. The van der Waals surface area contributed by atoms with Gasteiger partial charge in [0.1, 0.15) is 0 Å². The van der Waals surface area contributed by atoms with E-state index in [4.69, 9.17) is 11.6 Å². The van der Waals surface area contributed by atoms with Gasteiger partial charge in [0.15, 0.2) is 0 Å². The van der Waals surface area contributed by atoms with E-state index in [1.54, 1.807) is 12.1 Å². The molecular weight excluding hydrogens is 274 g/mol. The Bertz CT molecular complexity index is 452. The molecule has 2 rings (SSSR count). The summed E-state index contributed by atoms with van der Waals surface area (Å²) in [5.41, 5.74) is 0.759. The Hall–Kier alpha value is -1.10. The molecule has 0 radical (unpaired) electrons. The summed E-state index contributed by atoms with van der Waals surface area (Å²) in [4.78, 5) is 14.3. The van der Waals surface area contributed by atoms with Gasteiger partial charge in [-0.25, -0.2) is 0 Å². The Morgan fingerprint density at radius 1 is 1.50 bits per heavy atom. The van der Waals surface area contributed by atoms with Crippen LogP contribution in [0.25, 0.3) is 0 Å². The minimum Gasteiger partial charge on any atom is -0.326 e. The van der Waals surface area contributed by atoms with Gasteiger partial charge in [-0.3, -0.25) is 4.79 Å². The monoisotopic (exact) mass is 295 g/mol. The van der Waals surface area contributed by atoms with Crippen LogP contribution in [-0.4, -0.2) is 43.5 Å². The number of benzene rings is 1. The largest absolute Gasteiger partial charge is 0.326 e. The molecule has 1 amide bonds. The van der Waals surface area contributed by atoms with Gasteiger partial charge in [0.2, 0.25) is 5.91 Å². The van der Waals surface area contributed by atoms with E-state index < -0.39 is 0 Å². The van der Waals surface area contributed by atoms with Crippen molar-refractivity contribution in [1.29, 1.82) is 0 Å². The third-order valence-electron chi connectivity index (χ3n) is 3.68. The van der Waals surface area contributed by atoms with Crippen LogP contribution < -0.4 is 10.6 Å². The summed E-state index contributed by atoms with van der Waals surface area (Å²) in [6.07, 6.45) is 2.94. The molecule has 1 aliphatic heterocycles. The second-order valence-electron chi connectivity index (χ2n) is 5.24. The van der Waals surface area contributed by atoms with Crippen molar-refractivity contribution in [3.8, 4) is 0 Å². The maximum absolute atomic E-state index is 11.9. The first-order valence-electron chi connectivity index (χ1n) is 7.12. The van der Waals surface area contributed by atoms with Gasteiger partial charge >= 0.3 is 0 Å². The minimum atomic E-state index is 0.0406. The van der Waals surface area contributed by atoms with Crippen molar-refractivity contribution in [3.05, 3.63) is 29.3 Å². The lowest BCUT2D eigenvalue weighted by Crippen LogP contribution is -2.45. The number of hydrogen-bond donors (Lipinski definition) is 2. The molecule has 20 heavy (non-hydrogen) atoms. The van der Waals surface area contributed by atoms with E-state index in [1.165, 1.54) is 12.8 Å². The maximum atomic E-state index is 11.9. The highest BCUT2D eigenvalue weighted by atomic mass is 35.5. The number of rotatable bonds is 5. The third-order valence-corrected chi connectivity index (χ3v) is 3.91. The van der Waals surface area contributed by atoms with Crippen molar-refractivity contribution in [2.45, 2.75) is 25.3 Å². The number of carbonyl (C=O) groups is 1. The summed E-state index contributed by atoms with van der Waals surface area (Å²) < 4.78 is 0. The number of piperidine rings is 1. The molecule has 1 aliphatic rings. The Labute approximate surface area is 125 Å². The van der Waals surface area contributed by atoms with E-state index in [1.807, 2.05) is 19.2 Å². The Morgan fingerprint density at radius 3 is 3.10 bits per heavy atom. The van der Waals surface area contributed by atoms with Crippen LogP contribution in [-0.2, 0) is 4.79 Å². The minimum absolute atomic E-state index is 0.0406. The average molecular weight is 296 g/mol. The molecule has 0 saturated carbocycles. The van der Waals surface area contributed by atoms with Crippen molar-refractivity contribution in [2.24, 2.45) is 0 Å². The van der Waals surface area contributed by atoms with Gasteiger partial charge in [-0.15, -0.1) is 0 Å². The summed E-state index contributed by atoms with van der Waals surface area (Å²) >= 11 is 5.89. The smallest absolute Gasteiger partial charge is 0.225 e. The van der Waals surface area contributed by atoms with Crippen LogP contribution in [0.15, 0.2) is 24.3 Å². The van der Waals surface area contributed by atoms with Crippen LogP contribution in [0.3, 0.4) is 0 Å². The molecule has 4 nitrogen and oxygen atoms in total. The van der Waals surface area contributed by atoms with E-state index in [2.05, 4.69) is 15.5 Å². The van der Waals surface area contributed by atoms with Crippen LogP contribution in [0.4, 0.5) is 5.69 Å². The fourth-order valence-corrected chi connectivity index (χ4v) is 2.73. The van der Waals surface area contributed by atoms with Crippen molar-refractivity contribution >= 4 is 23.2 Å². The molecule has 0 aliphatic carbocycles. The first kappa shape index (κ1) is 15.3. The van der Waals surface area contributed by atoms with Crippen molar-refractivity contribution in [1.82, 2.24) is 10.2 Å². The van der Waals surface area contributed by atoms with Crippen LogP contribution >= 0.6 is 11.6 Å². The zero-order valence-corrected chi connectivity index (χ0v) is 12.6. The number of nitrogens with zero attached hydrogens (tertiary/aromatic N) is 1. The predicted octanol–water partition coefficient (Wildman–Crippen LogP) is 2.35. The summed E-state index contributed by atoms with van der Waals surface area (Å²) in [7, 11) is 2.00. The van der Waals surface area contributed by atoms with Gasteiger partial charge < -0.3 is 15.5 Å². The number of likely N-dealkylation sites (tertiary alicyclic amines) is 1. The molecule has 110 valence electrons. The molecule has 5 heteroatoms. The molecule has 1 unspecified atom stereocenters. The van der Waals surface area contributed by atoms with Crippen LogP contribution in [0, 0.1) is 0 Å². The Morgan fingerprint density at radius 2 is 2.35 bits per heavy atom. The van der Waals surface area contributed by atoms with E-state index in [-0.39, 0.29) is 5.91 Å². The Balaban J connectivity index is 1.75. The van der Waals surface area contributed by atoms with Gasteiger partial charge in [-0.2, -0.15) is 0 Å². The first-order chi connectivity index (χ1) is 9.67. The number of amides is 1. The summed E-state index contributed by atoms with van der Waals surface area (Å²) in [5, 5.41) is 6.83. The molecule has 1 heterocycles. The highest BCUT2D eigenvalue weighted by Crippen LogP contribution is 2.15. The lowest BCUT2D eigenvalue weighted by molar-refractivity contribution is -0.116. The highest BCUT2D eigenvalue weighted by molar-refractivity contribution is 6.30. The van der Waals surface area contributed by atoms with Gasteiger partial charge in [0.25, 0.3) is 0 Å². The second-order valence-corrected chi connectivity index (χ2v) is 5.67. The number of nitrogens with one attached hydrogen (secondary N) is 2. The number of hydrogen-bond acceptors (Lipinski definition) is 3. The molecule has 0 aromatic heterocycles. The second kappa shape index (κ2) is 7.62.